The molecule has 0 bridgehead atoms. The lowest BCUT2D eigenvalue weighted by molar-refractivity contribution is -0.141. The number of β-amino-alcohol motifs (C(OH)–C–C–N with tert-alkyl or cyclic N) is 1. The average molecular weight is 1080 g/mol. The summed E-state index contributed by atoms with van der Waals surface area (Å²) in [5.41, 5.74) is 8.98. The smallest absolute Gasteiger partial charge is 0.408 e. The van der Waals surface area contributed by atoms with Crippen molar-refractivity contribution in [3.05, 3.63) is 119 Å². The molecular formula is C59H75N11O7S. The zero-order chi connectivity index (χ0) is 56.1. The average Bonchev–Trinajstić information content (AvgIpc) is 4.14. The number of alkyl carbamates (subject to hydrolysis) is 1. The molecule has 2 saturated heterocycles. The monoisotopic (exact) mass is 1080 g/mol. The van der Waals surface area contributed by atoms with Crippen LogP contribution in [-0.4, -0.2) is 115 Å². The van der Waals surface area contributed by atoms with Gasteiger partial charge in [-0.05, 0) is 124 Å². The van der Waals surface area contributed by atoms with Crippen molar-refractivity contribution in [1.29, 1.82) is 0 Å². The van der Waals surface area contributed by atoms with Gasteiger partial charge < -0.3 is 45.4 Å². The number of anilines is 4. The number of aryl methyl sites for hydroxylation is 2. The van der Waals surface area contributed by atoms with Gasteiger partial charge in [0.15, 0.2) is 0 Å². The molecule has 6 aromatic rings. The third-order valence-corrected chi connectivity index (χ3v) is 14.8. The summed E-state index contributed by atoms with van der Waals surface area (Å²) in [5.74, 6) is 0.431. The number of thiazole rings is 1. The standard InChI is InChI=1S/C59H75N11O7S/c1-35(2)52(49-27-37(4)67-77-49)56(74)70-32-44(71)29-48(70)55(73)63-38(5)39-12-14-40(15-13-39)53-47(62-34-78-53)33-68-22-24-69(25-23-68)51-19-17-43(31-61-51)64-50-28-41(20-21-60-50)45-18-16-42(26-36(45)3)65-54(72)46(30-58(6,7)8)66-57(75)76-59(9,10)11/h12-21,26-28,31,34-35,38,44,46,48,52,71H,22-25,29-30,32-33H2,1-11H3,(H,60,64)(H,63,73)(H,65,72)(H,66,75)/t38-,44+,46+,48-,52?/m0/s1. The molecule has 1 unspecified atom stereocenters. The van der Waals surface area contributed by atoms with Crippen molar-refractivity contribution in [3.63, 3.8) is 0 Å². The van der Waals surface area contributed by atoms with E-state index in [0.29, 0.717) is 35.9 Å². The molecular weight excluding hydrogens is 1010 g/mol. The van der Waals surface area contributed by atoms with E-state index in [1.54, 1.807) is 51.3 Å². The van der Waals surface area contributed by atoms with Crippen LogP contribution in [0.1, 0.15) is 115 Å². The molecule has 0 spiro atoms. The molecule has 2 aliphatic heterocycles. The highest BCUT2D eigenvalue weighted by Crippen LogP contribution is 2.34. The SMILES string of the molecule is Cc1cc(C(C(=O)N2C[C@H](O)C[C@H]2C(=O)N[C@@H](C)c2ccc(-c3scnc3CN3CCN(c4ccc(Nc5cc(-c6ccc(NC(=O)[C@@H](CC(C)(C)C)NC(=O)OC(C)(C)C)cc6C)ccn5)cn4)CC3)cc2)C(C)C)on1. The molecule has 5 atom stereocenters. The summed E-state index contributed by atoms with van der Waals surface area (Å²) >= 11 is 1.61. The van der Waals surface area contributed by atoms with Gasteiger partial charge in [-0.15, -0.1) is 11.3 Å². The van der Waals surface area contributed by atoms with Crippen molar-refractivity contribution in [2.75, 3.05) is 48.3 Å². The molecule has 4 aromatic heterocycles. The Morgan fingerprint density at radius 3 is 2.22 bits per heavy atom. The van der Waals surface area contributed by atoms with Gasteiger partial charge in [-0.1, -0.05) is 70.1 Å². The summed E-state index contributed by atoms with van der Waals surface area (Å²) < 4.78 is 10.9. The van der Waals surface area contributed by atoms with E-state index < -0.39 is 35.8 Å². The van der Waals surface area contributed by atoms with E-state index in [9.17, 15) is 24.3 Å². The number of benzene rings is 2. The van der Waals surface area contributed by atoms with E-state index in [1.807, 2.05) is 115 Å². The van der Waals surface area contributed by atoms with Crippen LogP contribution in [0.25, 0.3) is 21.6 Å². The van der Waals surface area contributed by atoms with Gasteiger partial charge in [0.2, 0.25) is 17.7 Å². The number of hydrogen-bond donors (Lipinski definition) is 5. The fourth-order valence-corrected chi connectivity index (χ4v) is 10.9. The molecule has 6 heterocycles. The van der Waals surface area contributed by atoms with Gasteiger partial charge >= 0.3 is 6.09 Å². The van der Waals surface area contributed by atoms with Gasteiger partial charge in [-0.3, -0.25) is 19.3 Å². The van der Waals surface area contributed by atoms with Crippen LogP contribution in [0.2, 0.25) is 0 Å². The molecule has 0 saturated carbocycles. The first-order valence-corrected chi connectivity index (χ1v) is 27.7. The first-order valence-electron chi connectivity index (χ1n) is 26.8. The minimum atomic E-state index is -0.805. The van der Waals surface area contributed by atoms with Crippen LogP contribution in [-0.2, 0) is 25.7 Å². The summed E-state index contributed by atoms with van der Waals surface area (Å²) in [4.78, 5) is 75.3. The van der Waals surface area contributed by atoms with E-state index in [1.165, 1.54) is 4.90 Å². The van der Waals surface area contributed by atoms with Crippen LogP contribution in [0.15, 0.2) is 95.2 Å². The van der Waals surface area contributed by atoms with Crippen LogP contribution < -0.4 is 26.2 Å². The van der Waals surface area contributed by atoms with Gasteiger partial charge in [-0.2, -0.15) is 0 Å². The molecule has 0 aliphatic carbocycles. The van der Waals surface area contributed by atoms with Crippen molar-refractivity contribution >= 4 is 58.2 Å². The molecule has 414 valence electrons. The van der Waals surface area contributed by atoms with E-state index in [-0.39, 0.29) is 48.1 Å². The van der Waals surface area contributed by atoms with Gasteiger partial charge in [0.05, 0.1) is 45.8 Å². The van der Waals surface area contributed by atoms with Gasteiger partial charge in [0, 0.05) is 63.6 Å². The Bertz CT molecular complexity index is 3050. The molecule has 2 aliphatic rings. The first kappa shape index (κ1) is 57.0. The highest BCUT2D eigenvalue weighted by Gasteiger charge is 2.43. The summed E-state index contributed by atoms with van der Waals surface area (Å²) in [7, 11) is 0. The lowest BCUT2D eigenvalue weighted by atomic mass is 9.87. The predicted octanol–water partition coefficient (Wildman–Crippen LogP) is 9.78. The highest BCUT2D eigenvalue weighted by atomic mass is 32.1. The molecule has 5 N–H and O–H groups in total. The van der Waals surface area contributed by atoms with E-state index in [0.717, 1.165) is 76.1 Å². The maximum Gasteiger partial charge on any atom is 0.408 e. The van der Waals surface area contributed by atoms with E-state index >= 15 is 0 Å². The van der Waals surface area contributed by atoms with Crippen LogP contribution in [0.4, 0.5) is 27.8 Å². The Morgan fingerprint density at radius 1 is 0.846 bits per heavy atom. The molecule has 4 amide bonds. The van der Waals surface area contributed by atoms with Crippen LogP contribution in [0.3, 0.4) is 0 Å². The molecule has 2 aromatic carbocycles. The Balaban J connectivity index is 0.813. The Morgan fingerprint density at radius 2 is 1.58 bits per heavy atom. The second-order valence-corrected chi connectivity index (χ2v) is 24.0. The zero-order valence-electron chi connectivity index (χ0n) is 46.7. The van der Waals surface area contributed by atoms with Crippen LogP contribution in [0, 0.1) is 25.2 Å². The van der Waals surface area contributed by atoms with Crippen LogP contribution in [0.5, 0.6) is 0 Å². The van der Waals surface area contributed by atoms with Gasteiger partial charge in [0.25, 0.3) is 0 Å². The van der Waals surface area contributed by atoms with Gasteiger partial charge in [-0.25, -0.2) is 19.7 Å². The lowest BCUT2D eigenvalue weighted by Gasteiger charge is -2.35. The van der Waals surface area contributed by atoms with Crippen molar-refractivity contribution < 1.29 is 33.5 Å². The third kappa shape index (κ3) is 14.7. The highest BCUT2D eigenvalue weighted by molar-refractivity contribution is 7.13. The number of aliphatic hydroxyl groups is 1. The second-order valence-electron chi connectivity index (χ2n) is 23.2. The van der Waals surface area contributed by atoms with Gasteiger partial charge in [0.1, 0.15) is 41.0 Å². The molecule has 0 radical (unpaired) electrons. The topological polar surface area (TPSA) is 220 Å². The number of pyridine rings is 2. The largest absolute Gasteiger partial charge is 0.444 e. The number of nitrogens with one attached hydrogen (secondary N) is 4. The molecule has 78 heavy (non-hydrogen) atoms. The minimum Gasteiger partial charge on any atom is -0.444 e. The van der Waals surface area contributed by atoms with Crippen LogP contribution >= 0.6 is 11.3 Å². The molecule has 8 rings (SSSR count). The Kier molecular flexibility index (Phi) is 17.7. The van der Waals surface area contributed by atoms with E-state index in [4.69, 9.17) is 19.2 Å². The van der Waals surface area contributed by atoms with Crippen molar-refractivity contribution in [1.82, 2.24) is 40.5 Å². The quantitative estimate of drug-likeness (QED) is 0.0574. The summed E-state index contributed by atoms with van der Waals surface area (Å²) in [6.45, 7) is 25.1. The minimum absolute atomic E-state index is 0.0788. The normalized spacial score (nSPS) is 17.3. The number of aliphatic hydroxyl groups excluding tert-OH is 1. The predicted molar refractivity (Wildman–Crippen MR) is 304 cm³/mol. The number of hydrogen-bond acceptors (Lipinski definition) is 15. The number of carbonyl (C=O) groups excluding carboxylic acids is 4. The van der Waals surface area contributed by atoms with Crippen molar-refractivity contribution in [2.45, 2.75) is 131 Å². The molecule has 18 nitrogen and oxygen atoms in total. The number of ether oxygens (including phenoxy) is 1. The third-order valence-electron chi connectivity index (χ3n) is 13.9. The maximum atomic E-state index is 13.9. The number of rotatable bonds is 17. The number of amides is 4. The first-order chi connectivity index (χ1) is 37.0. The number of aromatic nitrogens is 4. The summed E-state index contributed by atoms with van der Waals surface area (Å²) in [6.07, 6.45) is 2.74. The molecule has 19 heteroatoms. The fourth-order valence-electron chi connectivity index (χ4n) is 10.1. The number of carbonyl (C=O) groups is 4. The Labute approximate surface area is 461 Å². The van der Waals surface area contributed by atoms with Crippen molar-refractivity contribution in [3.8, 4) is 21.6 Å². The summed E-state index contributed by atoms with van der Waals surface area (Å²) in [6, 6.07) is 21.7. The zero-order valence-corrected chi connectivity index (χ0v) is 47.5. The van der Waals surface area contributed by atoms with Crippen molar-refractivity contribution in [2.24, 2.45) is 11.3 Å². The fraction of sp³-hybridized carbons (Fsp3) is 0.458. The molecule has 2 fully saturated rings. The lowest BCUT2D eigenvalue weighted by Crippen LogP contribution is -2.48. The summed E-state index contributed by atoms with van der Waals surface area (Å²) in [5, 5.41) is 26.9. The number of nitrogens with zero attached hydrogens (tertiary/aromatic N) is 7. The Hall–Kier alpha value is -7.22. The van der Waals surface area contributed by atoms with E-state index in [2.05, 4.69) is 53.3 Å². The maximum absolute atomic E-state index is 13.9. The number of likely N-dealkylation sites (tertiary alicyclic amines) is 1. The number of piperazine rings is 1. The second kappa shape index (κ2) is 24.2.